The molecule has 2 aromatic rings. The molecule has 0 bridgehead atoms. The number of sulfonamides is 1. The highest BCUT2D eigenvalue weighted by Crippen LogP contribution is 2.17. The molecule has 2 rings (SSSR count). The summed E-state index contributed by atoms with van der Waals surface area (Å²) >= 11 is 0. The van der Waals surface area contributed by atoms with E-state index < -0.39 is 27.6 Å². The molecule has 3 N–H and O–H groups in total. The Morgan fingerprint density at radius 1 is 0.929 bits per heavy atom. The van der Waals surface area contributed by atoms with Gasteiger partial charge in [0.15, 0.2) is 0 Å². The van der Waals surface area contributed by atoms with E-state index in [4.69, 9.17) is 4.74 Å². The van der Waals surface area contributed by atoms with Gasteiger partial charge < -0.3 is 10.1 Å². The molecule has 0 heterocycles. The standard InChI is InChI=1S/C19H23N3O5S/c1-19(2,3)27-18(24)22-14-10-8-13(9-11-14)17(23)21-15-6-5-7-16(12-15)28(25,26)20-4/h5-12,20H,1-4H3,(H,21,23)(H,22,24). The molecule has 0 radical (unpaired) electrons. The zero-order valence-corrected chi connectivity index (χ0v) is 16.9. The average molecular weight is 405 g/mol. The molecular formula is C19H23N3O5S. The highest BCUT2D eigenvalue weighted by atomic mass is 32.2. The number of hydrogen-bond acceptors (Lipinski definition) is 5. The Morgan fingerprint density at radius 2 is 1.57 bits per heavy atom. The number of rotatable bonds is 5. The molecule has 0 unspecified atom stereocenters. The summed E-state index contributed by atoms with van der Waals surface area (Å²) in [5, 5.41) is 5.22. The maximum atomic E-state index is 12.4. The van der Waals surface area contributed by atoms with Crippen molar-refractivity contribution in [2.75, 3.05) is 17.7 Å². The lowest BCUT2D eigenvalue weighted by Crippen LogP contribution is -2.27. The first-order valence-electron chi connectivity index (χ1n) is 8.45. The lowest BCUT2D eigenvalue weighted by molar-refractivity contribution is 0.0635. The molecule has 0 aromatic heterocycles. The summed E-state index contributed by atoms with van der Waals surface area (Å²) in [7, 11) is -2.29. The number of nitrogens with one attached hydrogen (secondary N) is 3. The van der Waals surface area contributed by atoms with Crippen LogP contribution in [0.1, 0.15) is 31.1 Å². The van der Waals surface area contributed by atoms with Gasteiger partial charge in [-0.2, -0.15) is 0 Å². The van der Waals surface area contributed by atoms with Gasteiger partial charge in [0.1, 0.15) is 5.60 Å². The molecule has 9 heteroatoms. The summed E-state index contributed by atoms with van der Waals surface area (Å²) in [6.45, 7) is 5.28. The van der Waals surface area contributed by atoms with E-state index in [1.165, 1.54) is 37.4 Å². The fourth-order valence-electron chi connectivity index (χ4n) is 2.19. The van der Waals surface area contributed by atoms with E-state index in [1.807, 2.05) is 0 Å². The zero-order chi connectivity index (χ0) is 20.9. The molecule has 2 aromatic carbocycles. The van der Waals surface area contributed by atoms with E-state index in [1.54, 1.807) is 39.0 Å². The van der Waals surface area contributed by atoms with Gasteiger partial charge >= 0.3 is 6.09 Å². The monoisotopic (exact) mass is 405 g/mol. The van der Waals surface area contributed by atoms with Crippen LogP contribution in [0.15, 0.2) is 53.4 Å². The van der Waals surface area contributed by atoms with Crippen LogP contribution in [0.2, 0.25) is 0 Å². The number of ether oxygens (including phenoxy) is 1. The Hall–Kier alpha value is -2.91. The molecule has 0 aliphatic rings. The molecule has 0 saturated carbocycles. The summed E-state index contributed by atoms with van der Waals surface area (Å²) in [4.78, 5) is 24.2. The Balaban J connectivity index is 2.06. The second-order valence-corrected chi connectivity index (χ2v) is 8.78. The molecule has 0 atom stereocenters. The van der Waals surface area contributed by atoms with Gasteiger partial charge in [0.25, 0.3) is 5.91 Å². The molecule has 8 nitrogen and oxygen atoms in total. The number of hydrogen-bond donors (Lipinski definition) is 3. The molecule has 0 spiro atoms. The highest BCUT2D eigenvalue weighted by molar-refractivity contribution is 7.89. The van der Waals surface area contributed by atoms with Gasteiger partial charge in [-0.3, -0.25) is 10.1 Å². The summed E-state index contributed by atoms with van der Waals surface area (Å²) in [5.74, 6) is -0.414. The minimum absolute atomic E-state index is 0.0460. The highest BCUT2D eigenvalue weighted by Gasteiger charge is 2.16. The third kappa shape index (κ3) is 6.07. The summed E-state index contributed by atoms with van der Waals surface area (Å²) in [6.07, 6.45) is -0.591. The van der Waals surface area contributed by atoms with Crippen molar-refractivity contribution in [3.63, 3.8) is 0 Å². The van der Waals surface area contributed by atoms with Crippen LogP contribution in [-0.4, -0.2) is 33.1 Å². The van der Waals surface area contributed by atoms with Gasteiger partial charge in [-0.15, -0.1) is 0 Å². The summed E-state index contributed by atoms with van der Waals surface area (Å²) in [5.41, 5.74) is 0.556. The minimum atomic E-state index is -3.60. The zero-order valence-electron chi connectivity index (χ0n) is 16.1. The number of amides is 2. The predicted octanol–water partition coefficient (Wildman–Crippen LogP) is 3.19. The van der Waals surface area contributed by atoms with Gasteiger partial charge in [0, 0.05) is 16.9 Å². The smallest absolute Gasteiger partial charge is 0.412 e. The fraction of sp³-hybridized carbons (Fsp3) is 0.263. The topological polar surface area (TPSA) is 114 Å². The van der Waals surface area contributed by atoms with Crippen LogP contribution >= 0.6 is 0 Å². The van der Waals surface area contributed by atoms with Gasteiger partial charge in [-0.25, -0.2) is 17.9 Å². The summed E-state index contributed by atoms with van der Waals surface area (Å²) in [6, 6.07) is 12.1. The van der Waals surface area contributed by atoms with Crippen molar-refractivity contribution >= 4 is 33.4 Å². The SMILES string of the molecule is CNS(=O)(=O)c1cccc(NC(=O)c2ccc(NC(=O)OC(C)(C)C)cc2)c1. The minimum Gasteiger partial charge on any atom is -0.444 e. The van der Waals surface area contributed by atoms with Crippen molar-refractivity contribution in [2.45, 2.75) is 31.3 Å². The van der Waals surface area contributed by atoms with Crippen molar-refractivity contribution in [2.24, 2.45) is 0 Å². The number of carbonyl (C=O) groups is 2. The van der Waals surface area contributed by atoms with Crippen molar-refractivity contribution in [1.82, 2.24) is 4.72 Å². The van der Waals surface area contributed by atoms with Crippen LogP contribution < -0.4 is 15.4 Å². The molecule has 28 heavy (non-hydrogen) atoms. The Labute approximate surface area is 164 Å². The first-order valence-corrected chi connectivity index (χ1v) is 9.93. The average Bonchev–Trinajstić information content (AvgIpc) is 2.61. The molecule has 0 aliphatic heterocycles. The third-order valence-corrected chi connectivity index (χ3v) is 4.88. The Kier molecular flexibility index (Phi) is 6.42. The second-order valence-electron chi connectivity index (χ2n) is 6.89. The molecule has 0 fully saturated rings. The fourth-order valence-corrected chi connectivity index (χ4v) is 2.96. The summed E-state index contributed by atoms with van der Waals surface area (Å²) < 4.78 is 31.1. The lowest BCUT2D eigenvalue weighted by Gasteiger charge is -2.19. The number of anilines is 2. The van der Waals surface area contributed by atoms with E-state index in [0.717, 1.165) is 0 Å². The maximum Gasteiger partial charge on any atom is 0.412 e. The quantitative estimate of drug-likeness (QED) is 0.707. The molecule has 0 aliphatic carbocycles. The van der Waals surface area contributed by atoms with Crippen LogP contribution in [0.5, 0.6) is 0 Å². The molecule has 150 valence electrons. The van der Waals surface area contributed by atoms with E-state index in [2.05, 4.69) is 15.4 Å². The first kappa shape index (κ1) is 21.4. The van der Waals surface area contributed by atoms with Crippen molar-refractivity contribution in [1.29, 1.82) is 0 Å². The number of carbonyl (C=O) groups excluding carboxylic acids is 2. The molecular weight excluding hydrogens is 382 g/mol. The Bertz CT molecular complexity index is 964. The van der Waals surface area contributed by atoms with Gasteiger partial charge in [0.2, 0.25) is 10.0 Å². The van der Waals surface area contributed by atoms with E-state index in [9.17, 15) is 18.0 Å². The van der Waals surface area contributed by atoms with Gasteiger partial charge in [-0.05, 0) is 70.3 Å². The van der Waals surface area contributed by atoms with Crippen LogP contribution in [-0.2, 0) is 14.8 Å². The first-order chi connectivity index (χ1) is 13.0. The lowest BCUT2D eigenvalue weighted by atomic mass is 10.2. The molecule has 0 saturated heterocycles. The third-order valence-electron chi connectivity index (χ3n) is 3.46. The van der Waals surface area contributed by atoms with Crippen LogP contribution in [0.3, 0.4) is 0 Å². The predicted molar refractivity (Wildman–Crippen MR) is 107 cm³/mol. The van der Waals surface area contributed by atoms with Gasteiger partial charge in [-0.1, -0.05) is 6.07 Å². The van der Waals surface area contributed by atoms with E-state index in [-0.39, 0.29) is 4.90 Å². The van der Waals surface area contributed by atoms with Crippen LogP contribution in [0.4, 0.5) is 16.2 Å². The van der Waals surface area contributed by atoms with Crippen molar-refractivity contribution in [3.05, 3.63) is 54.1 Å². The van der Waals surface area contributed by atoms with E-state index >= 15 is 0 Å². The van der Waals surface area contributed by atoms with Crippen molar-refractivity contribution in [3.8, 4) is 0 Å². The number of benzene rings is 2. The molecule has 2 amide bonds. The van der Waals surface area contributed by atoms with Crippen molar-refractivity contribution < 1.29 is 22.7 Å². The van der Waals surface area contributed by atoms with Crippen LogP contribution in [0, 0.1) is 0 Å². The van der Waals surface area contributed by atoms with E-state index in [0.29, 0.717) is 16.9 Å². The maximum absolute atomic E-state index is 12.4. The Morgan fingerprint density at radius 3 is 2.14 bits per heavy atom. The van der Waals surface area contributed by atoms with Gasteiger partial charge in [0.05, 0.1) is 4.90 Å². The normalized spacial score (nSPS) is 11.6. The van der Waals surface area contributed by atoms with Crippen LogP contribution in [0.25, 0.3) is 0 Å². The second kappa shape index (κ2) is 8.41. The largest absolute Gasteiger partial charge is 0.444 e.